The minimum Gasteiger partial charge on any atom is -0.106 e. The molecule has 0 amide bonds. The molecule has 0 aliphatic rings. The van der Waals surface area contributed by atoms with Crippen LogP contribution in [0.15, 0.2) is 67.8 Å². The molecule has 0 radical (unpaired) electrons. The average Bonchev–Trinajstić information content (AvgIpc) is 2.31. The van der Waals surface area contributed by atoms with Gasteiger partial charge >= 0.3 is 0 Å². The first-order chi connectivity index (χ1) is 7.72. The molecule has 1 rings (SSSR count). The molecule has 0 saturated heterocycles. The second kappa shape index (κ2) is 8.49. The fraction of sp³-hybridized carbons (Fsp3) is 0.125. The van der Waals surface area contributed by atoms with Gasteiger partial charge in [0.15, 0.2) is 0 Å². The maximum absolute atomic E-state index is 3.90. The summed E-state index contributed by atoms with van der Waals surface area (Å²) in [7, 11) is 0. The van der Waals surface area contributed by atoms with Gasteiger partial charge in [0.05, 0.1) is 0 Å². The molecule has 0 aliphatic carbocycles. The van der Waals surface area contributed by atoms with Crippen molar-refractivity contribution in [3.8, 4) is 0 Å². The predicted octanol–water partition coefficient (Wildman–Crippen LogP) is 4.94. The molecule has 0 atom stereocenters. The highest BCUT2D eigenvalue weighted by Crippen LogP contribution is 2.07. The van der Waals surface area contributed by atoms with Crippen LogP contribution in [0.1, 0.15) is 18.1 Å². The monoisotopic (exact) mass is 212 g/mol. The van der Waals surface area contributed by atoms with Gasteiger partial charge in [-0.1, -0.05) is 60.7 Å². The summed E-state index contributed by atoms with van der Waals surface area (Å²) in [5.41, 5.74) is 3.52. The second-order valence-corrected chi connectivity index (χ2v) is 3.32. The van der Waals surface area contributed by atoms with Crippen molar-refractivity contribution < 1.29 is 0 Å². The summed E-state index contributed by atoms with van der Waals surface area (Å²) in [5.74, 6) is 0. The normalized spacial score (nSPS) is 10.1. The maximum Gasteiger partial charge on any atom is -0.0256 e. The zero-order valence-corrected chi connectivity index (χ0v) is 10.2. The minimum absolute atomic E-state index is 1.02. The Hall–Kier alpha value is -1.82. The third kappa shape index (κ3) is 5.82. The minimum atomic E-state index is 1.02. The van der Waals surface area contributed by atoms with E-state index in [0.717, 1.165) is 5.57 Å². The van der Waals surface area contributed by atoms with E-state index in [-0.39, 0.29) is 0 Å². The SMILES string of the molecule is C=C.C=C(/C=C\C)/C=C/c1ccc(C)cc1. The Bertz CT molecular complexity index is 364. The highest BCUT2D eigenvalue weighted by atomic mass is 13.9. The molecule has 0 aliphatic heterocycles. The highest BCUT2D eigenvalue weighted by molar-refractivity contribution is 5.54. The van der Waals surface area contributed by atoms with Crippen LogP contribution in [0.4, 0.5) is 0 Å². The molecule has 0 saturated carbocycles. The standard InChI is InChI=1S/C14H16.C2H4/c1-4-5-12(2)6-9-14-10-7-13(3)8-11-14;1-2/h4-11H,2H2,1,3H3;1-2H2/b5-4-,9-6+;. The van der Waals surface area contributed by atoms with Gasteiger partial charge in [-0.25, -0.2) is 0 Å². The lowest BCUT2D eigenvalue weighted by molar-refractivity contribution is 1.46. The molecule has 0 N–H and O–H groups in total. The first kappa shape index (κ1) is 14.2. The summed E-state index contributed by atoms with van der Waals surface area (Å²) < 4.78 is 0. The third-order valence-corrected chi connectivity index (χ3v) is 1.95. The molecule has 0 aromatic heterocycles. The van der Waals surface area contributed by atoms with Crippen LogP contribution in [0, 0.1) is 6.92 Å². The van der Waals surface area contributed by atoms with Gasteiger partial charge in [0.25, 0.3) is 0 Å². The van der Waals surface area contributed by atoms with Crippen molar-refractivity contribution in [2.45, 2.75) is 13.8 Å². The van der Waals surface area contributed by atoms with Gasteiger partial charge in [-0.15, -0.1) is 13.2 Å². The topological polar surface area (TPSA) is 0 Å². The first-order valence-electron chi connectivity index (χ1n) is 5.28. The summed E-state index contributed by atoms with van der Waals surface area (Å²) in [5, 5.41) is 0. The van der Waals surface area contributed by atoms with Crippen LogP contribution in [0.3, 0.4) is 0 Å². The molecule has 84 valence electrons. The van der Waals surface area contributed by atoms with E-state index in [0.29, 0.717) is 0 Å². The molecule has 0 heterocycles. The van der Waals surface area contributed by atoms with Crippen molar-refractivity contribution in [3.05, 3.63) is 78.9 Å². The van der Waals surface area contributed by atoms with E-state index in [1.54, 1.807) is 0 Å². The highest BCUT2D eigenvalue weighted by Gasteiger charge is 1.86. The van der Waals surface area contributed by atoms with Gasteiger partial charge in [-0.3, -0.25) is 0 Å². The zero-order chi connectivity index (χ0) is 12.4. The molecular formula is C16H20. The summed E-state index contributed by atoms with van der Waals surface area (Å²) in [6, 6.07) is 8.43. The average molecular weight is 212 g/mol. The molecular weight excluding hydrogens is 192 g/mol. The number of benzene rings is 1. The van der Waals surface area contributed by atoms with E-state index in [2.05, 4.69) is 57.0 Å². The Morgan fingerprint density at radius 1 is 1.06 bits per heavy atom. The Labute approximate surface area is 99.3 Å². The van der Waals surface area contributed by atoms with Gasteiger partial charge < -0.3 is 0 Å². The van der Waals surface area contributed by atoms with Crippen LogP contribution in [-0.4, -0.2) is 0 Å². The fourth-order valence-corrected chi connectivity index (χ4v) is 1.15. The van der Waals surface area contributed by atoms with Gasteiger partial charge in [0.2, 0.25) is 0 Å². The predicted molar refractivity (Wildman–Crippen MR) is 75.4 cm³/mol. The van der Waals surface area contributed by atoms with E-state index < -0.39 is 0 Å². The van der Waals surface area contributed by atoms with Crippen molar-refractivity contribution in [1.29, 1.82) is 0 Å². The molecule has 0 spiro atoms. The first-order valence-corrected chi connectivity index (χ1v) is 5.28. The van der Waals surface area contributed by atoms with Crippen LogP contribution >= 0.6 is 0 Å². The summed E-state index contributed by atoms with van der Waals surface area (Å²) in [6.07, 6.45) is 8.07. The lowest BCUT2D eigenvalue weighted by Crippen LogP contribution is -1.73. The van der Waals surface area contributed by atoms with Gasteiger partial charge in [-0.05, 0) is 25.0 Å². The molecule has 0 unspecified atom stereocenters. The second-order valence-electron chi connectivity index (χ2n) is 3.32. The molecule has 0 bridgehead atoms. The van der Waals surface area contributed by atoms with Crippen molar-refractivity contribution >= 4 is 6.08 Å². The number of hydrogen-bond donors (Lipinski definition) is 0. The van der Waals surface area contributed by atoms with Crippen LogP contribution in [0.2, 0.25) is 0 Å². The van der Waals surface area contributed by atoms with E-state index >= 15 is 0 Å². The van der Waals surface area contributed by atoms with Crippen molar-refractivity contribution in [2.24, 2.45) is 0 Å². The lowest BCUT2D eigenvalue weighted by atomic mass is 10.1. The van der Waals surface area contributed by atoms with E-state index in [1.165, 1.54) is 11.1 Å². The van der Waals surface area contributed by atoms with Crippen molar-refractivity contribution in [3.63, 3.8) is 0 Å². The summed E-state index contributed by atoms with van der Waals surface area (Å²) in [6.45, 7) is 14.0. The number of aryl methyl sites for hydroxylation is 1. The van der Waals surface area contributed by atoms with Crippen molar-refractivity contribution in [1.82, 2.24) is 0 Å². The number of hydrogen-bond acceptors (Lipinski definition) is 0. The smallest absolute Gasteiger partial charge is 0.0256 e. The summed E-state index contributed by atoms with van der Waals surface area (Å²) in [4.78, 5) is 0. The Morgan fingerprint density at radius 2 is 1.62 bits per heavy atom. The largest absolute Gasteiger partial charge is 0.106 e. The van der Waals surface area contributed by atoms with Gasteiger partial charge in [-0.2, -0.15) is 0 Å². The molecule has 1 aromatic carbocycles. The van der Waals surface area contributed by atoms with Gasteiger partial charge in [0, 0.05) is 0 Å². The lowest BCUT2D eigenvalue weighted by Gasteiger charge is -1.94. The van der Waals surface area contributed by atoms with Crippen LogP contribution in [-0.2, 0) is 0 Å². The van der Waals surface area contributed by atoms with E-state index in [9.17, 15) is 0 Å². The Morgan fingerprint density at radius 3 is 2.12 bits per heavy atom. The van der Waals surface area contributed by atoms with Crippen molar-refractivity contribution in [2.75, 3.05) is 0 Å². The van der Waals surface area contributed by atoms with E-state index in [4.69, 9.17) is 0 Å². The van der Waals surface area contributed by atoms with Crippen LogP contribution in [0.25, 0.3) is 6.08 Å². The fourth-order valence-electron chi connectivity index (χ4n) is 1.15. The summed E-state index contributed by atoms with van der Waals surface area (Å²) >= 11 is 0. The Kier molecular flexibility index (Phi) is 7.52. The third-order valence-electron chi connectivity index (χ3n) is 1.95. The molecule has 0 nitrogen and oxygen atoms in total. The molecule has 16 heavy (non-hydrogen) atoms. The number of allylic oxidation sites excluding steroid dienone is 4. The quantitative estimate of drug-likeness (QED) is 0.491. The van der Waals surface area contributed by atoms with Gasteiger partial charge in [0.1, 0.15) is 0 Å². The van der Waals surface area contributed by atoms with E-state index in [1.807, 2.05) is 25.2 Å². The number of rotatable bonds is 3. The molecule has 0 fully saturated rings. The molecule has 0 heteroatoms. The maximum atomic E-state index is 3.90. The Balaban J connectivity index is 0.00000106. The zero-order valence-electron chi connectivity index (χ0n) is 10.2. The van der Waals surface area contributed by atoms with Crippen LogP contribution in [0.5, 0.6) is 0 Å². The molecule has 1 aromatic rings. The van der Waals surface area contributed by atoms with Crippen LogP contribution < -0.4 is 0 Å².